The number of aliphatic hydroxyl groups excluding tert-OH is 1. The van der Waals surface area contributed by atoms with Gasteiger partial charge >= 0.3 is 0 Å². The molecule has 3 atom stereocenters. The number of hydrogen-bond acceptors (Lipinski definition) is 4. The molecular formula is C16H25NO3. The molecule has 2 rings (SSSR count). The second-order valence-electron chi connectivity index (χ2n) is 5.55. The van der Waals surface area contributed by atoms with Gasteiger partial charge in [-0.25, -0.2) is 0 Å². The monoisotopic (exact) mass is 279 g/mol. The maximum absolute atomic E-state index is 10.2. The van der Waals surface area contributed by atoms with Crippen LogP contribution in [0.4, 0.5) is 0 Å². The maximum atomic E-state index is 10.2. The molecule has 0 amide bonds. The van der Waals surface area contributed by atoms with Crippen molar-refractivity contribution in [2.75, 3.05) is 7.11 Å². The van der Waals surface area contributed by atoms with Gasteiger partial charge in [0.05, 0.1) is 13.2 Å². The summed E-state index contributed by atoms with van der Waals surface area (Å²) in [6.45, 7) is 1.93. The van der Waals surface area contributed by atoms with Gasteiger partial charge in [-0.2, -0.15) is 0 Å². The van der Waals surface area contributed by atoms with Gasteiger partial charge in [0.25, 0.3) is 0 Å². The normalized spacial score (nSPS) is 24.8. The highest BCUT2D eigenvalue weighted by molar-refractivity contribution is 5.42. The van der Waals surface area contributed by atoms with Gasteiger partial charge in [0.2, 0.25) is 0 Å². The first-order chi connectivity index (χ1) is 9.61. The Labute approximate surface area is 120 Å². The predicted octanol–water partition coefficient (Wildman–Crippen LogP) is 2.79. The second-order valence-corrected chi connectivity index (χ2v) is 5.55. The summed E-state index contributed by atoms with van der Waals surface area (Å²) < 4.78 is 11.3. The molecule has 0 aliphatic heterocycles. The third-order valence-corrected chi connectivity index (χ3v) is 3.91. The first-order valence-electron chi connectivity index (χ1n) is 7.40. The van der Waals surface area contributed by atoms with Crippen molar-refractivity contribution in [3.05, 3.63) is 23.8 Å². The van der Waals surface area contributed by atoms with Gasteiger partial charge < -0.3 is 20.3 Å². The van der Waals surface area contributed by atoms with Gasteiger partial charge in [-0.15, -0.1) is 0 Å². The van der Waals surface area contributed by atoms with E-state index in [2.05, 4.69) is 0 Å². The molecule has 4 nitrogen and oxygen atoms in total. The van der Waals surface area contributed by atoms with E-state index >= 15 is 0 Å². The second kappa shape index (κ2) is 6.95. The molecule has 3 N–H and O–H groups in total. The molecule has 0 aromatic heterocycles. The van der Waals surface area contributed by atoms with Crippen LogP contribution in [0.1, 0.15) is 50.6 Å². The molecular weight excluding hydrogens is 254 g/mol. The molecule has 0 radical (unpaired) electrons. The van der Waals surface area contributed by atoms with Crippen LogP contribution in [-0.2, 0) is 0 Å². The van der Waals surface area contributed by atoms with Crippen molar-refractivity contribution in [3.63, 3.8) is 0 Å². The van der Waals surface area contributed by atoms with E-state index in [9.17, 15) is 5.11 Å². The molecule has 4 heteroatoms. The summed E-state index contributed by atoms with van der Waals surface area (Å²) in [6.07, 6.45) is 4.47. The summed E-state index contributed by atoms with van der Waals surface area (Å²) in [5, 5.41) is 10.2. The van der Waals surface area contributed by atoms with Crippen LogP contribution in [0.3, 0.4) is 0 Å². The smallest absolute Gasteiger partial charge is 0.128 e. The first-order valence-corrected chi connectivity index (χ1v) is 7.40. The Morgan fingerprint density at radius 2 is 2.00 bits per heavy atom. The Morgan fingerprint density at radius 1 is 1.25 bits per heavy atom. The minimum absolute atomic E-state index is 0.112. The summed E-state index contributed by atoms with van der Waals surface area (Å²) in [5.41, 5.74) is 6.94. The van der Waals surface area contributed by atoms with Gasteiger partial charge in [0, 0.05) is 17.7 Å². The van der Waals surface area contributed by atoms with E-state index in [1.54, 1.807) is 7.11 Å². The first kappa shape index (κ1) is 15.1. The van der Waals surface area contributed by atoms with Crippen molar-refractivity contribution in [1.82, 2.24) is 0 Å². The minimum atomic E-state index is -0.398. The third kappa shape index (κ3) is 3.64. The van der Waals surface area contributed by atoms with E-state index < -0.39 is 6.10 Å². The standard InChI is InChI=1S/C16H25NO3/c1-11(17)13-9-8-12(19-2)10-16(13)20-15-7-5-3-4-6-14(15)18/h8-11,14-15,18H,3-7,17H2,1-2H3. The Kier molecular flexibility index (Phi) is 5.26. The van der Waals surface area contributed by atoms with Crippen LogP contribution in [-0.4, -0.2) is 24.4 Å². The summed E-state index contributed by atoms with van der Waals surface area (Å²) >= 11 is 0. The number of benzene rings is 1. The highest BCUT2D eigenvalue weighted by Crippen LogP contribution is 2.31. The quantitative estimate of drug-likeness (QED) is 0.832. The van der Waals surface area contributed by atoms with Crippen molar-refractivity contribution >= 4 is 0 Å². The molecule has 20 heavy (non-hydrogen) atoms. The van der Waals surface area contributed by atoms with Crippen LogP contribution in [0.5, 0.6) is 11.5 Å². The fraction of sp³-hybridized carbons (Fsp3) is 0.625. The lowest BCUT2D eigenvalue weighted by atomic mass is 10.1. The zero-order chi connectivity index (χ0) is 14.5. The molecule has 1 aliphatic rings. The topological polar surface area (TPSA) is 64.7 Å². The van der Waals surface area contributed by atoms with Crippen molar-refractivity contribution in [2.45, 2.75) is 57.3 Å². The van der Waals surface area contributed by atoms with Gasteiger partial charge in [0.1, 0.15) is 17.6 Å². The molecule has 0 heterocycles. The number of ether oxygens (including phenoxy) is 2. The molecule has 0 saturated heterocycles. The lowest BCUT2D eigenvalue weighted by molar-refractivity contribution is 0.0311. The van der Waals surface area contributed by atoms with E-state index in [0.29, 0.717) is 0 Å². The average molecular weight is 279 g/mol. The predicted molar refractivity (Wildman–Crippen MR) is 79.1 cm³/mol. The highest BCUT2D eigenvalue weighted by atomic mass is 16.5. The minimum Gasteiger partial charge on any atom is -0.497 e. The Morgan fingerprint density at radius 3 is 2.70 bits per heavy atom. The Bertz CT molecular complexity index is 434. The lowest BCUT2D eigenvalue weighted by Gasteiger charge is -2.24. The van der Waals surface area contributed by atoms with Crippen LogP contribution < -0.4 is 15.2 Å². The number of hydrogen-bond donors (Lipinski definition) is 2. The average Bonchev–Trinajstić information content (AvgIpc) is 2.64. The largest absolute Gasteiger partial charge is 0.497 e. The SMILES string of the molecule is COc1ccc(C(C)N)c(OC2CCCCCC2O)c1. The fourth-order valence-electron chi connectivity index (χ4n) is 2.67. The molecule has 1 aromatic rings. The van der Waals surface area contributed by atoms with Gasteiger partial charge in [-0.3, -0.25) is 0 Å². The molecule has 1 aliphatic carbocycles. The van der Waals surface area contributed by atoms with E-state index in [-0.39, 0.29) is 12.1 Å². The number of methoxy groups -OCH3 is 1. The molecule has 112 valence electrons. The maximum Gasteiger partial charge on any atom is 0.128 e. The van der Waals surface area contributed by atoms with Crippen molar-refractivity contribution in [1.29, 1.82) is 0 Å². The zero-order valence-corrected chi connectivity index (χ0v) is 12.3. The molecule has 0 spiro atoms. The van der Waals surface area contributed by atoms with Crippen molar-refractivity contribution in [2.24, 2.45) is 5.73 Å². The van der Waals surface area contributed by atoms with Crippen molar-refractivity contribution in [3.8, 4) is 11.5 Å². The van der Waals surface area contributed by atoms with Gasteiger partial charge in [-0.1, -0.05) is 18.9 Å². The lowest BCUT2D eigenvalue weighted by Crippen LogP contribution is -2.31. The molecule has 1 aromatic carbocycles. The summed E-state index contributed by atoms with van der Waals surface area (Å²) in [7, 11) is 1.63. The number of nitrogens with two attached hydrogens (primary N) is 1. The van der Waals surface area contributed by atoms with E-state index in [4.69, 9.17) is 15.2 Å². The van der Waals surface area contributed by atoms with Crippen molar-refractivity contribution < 1.29 is 14.6 Å². The Balaban J connectivity index is 2.21. The summed E-state index contributed by atoms with van der Waals surface area (Å²) in [4.78, 5) is 0. The number of aliphatic hydroxyl groups is 1. The summed E-state index contributed by atoms with van der Waals surface area (Å²) in [6, 6.07) is 5.56. The van der Waals surface area contributed by atoms with Crippen LogP contribution in [0.2, 0.25) is 0 Å². The Hall–Kier alpha value is -1.26. The summed E-state index contributed by atoms with van der Waals surface area (Å²) in [5.74, 6) is 1.47. The van der Waals surface area contributed by atoms with Gasteiger partial charge in [0.15, 0.2) is 0 Å². The van der Waals surface area contributed by atoms with E-state index in [0.717, 1.165) is 49.2 Å². The van der Waals surface area contributed by atoms with E-state index in [1.807, 2.05) is 25.1 Å². The fourth-order valence-corrected chi connectivity index (χ4v) is 2.67. The van der Waals surface area contributed by atoms with Crippen LogP contribution in [0.15, 0.2) is 18.2 Å². The third-order valence-electron chi connectivity index (χ3n) is 3.91. The van der Waals surface area contributed by atoms with Crippen LogP contribution in [0, 0.1) is 0 Å². The van der Waals surface area contributed by atoms with Crippen LogP contribution >= 0.6 is 0 Å². The molecule has 1 saturated carbocycles. The zero-order valence-electron chi connectivity index (χ0n) is 12.3. The number of rotatable bonds is 4. The molecule has 0 bridgehead atoms. The van der Waals surface area contributed by atoms with Gasteiger partial charge in [-0.05, 0) is 32.3 Å². The highest BCUT2D eigenvalue weighted by Gasteiger charge is 2.24. The molecule has 3 unspecified atom stereocenters. The van der Waals surface area contributed by atoms with Crippen LogP contribution in [0.25, 0.3) is 0 Å². The molecule has 1 fully saturated rings. The van der Waals surface area contributed by atoms with E-state index in [1.165, 1.54) is 0 Å².